The summed E-state index contributed by atoms with van der Waals surface area (Å²) in [4.78, 5) is 57.3. The number of carbonyl (C=O) groups excluding carboxylic acids is 3. The van der Waals surface area contributed by atoms with Crippen LogP contribution in [0, 0.1) is 0 Å². The SMILES string of the molecule is O=C(O)CNC(=O)C(CC(=O)O)NC(=O)C(CO)NC(=O)C1CCCN1. The molecule has 12 heteroatoms. The van der Waals surface area contributed by atoms with E-state index in [1.807, 2.05) is 5.32 Å². The van der Waals surface area contributed by atoms with E-state index in [9.17, 15) is 29.1 Å². The van der Waals surface area contributed by atoms with Gasteiger partial charge in [0.15, 0.2) is 0 Å². The monoisotopic (exact) mass is 374 g/mol. The number of hydrogen-bond donors (Lipinski definition) is 7. The third-order valence-electron chi connectivity index (χ3n) is 3.62. The van der Waals surface area contributed by atoms with Gasteiger partial charge in [-0.25, -0.2) is 0 Å². The number of nitrogens with one attached hydrogen (secondary N) is 4. The molecule has 0 aliphatic carbocycles. The Morgan fingerprint density at radius 2 is 1.69 bits per heavy atom. The molecule has 1 saturated heterocycles. The number of carbonyl (C=O) groups is 5. The van der Waals surface area contributed by atoms with Gasteiger partial charge in [0.1, 0.15) is 18.6 Å². The Bertz CT molecular complexity index is 561. The molecule has 1 aliphatic rings. The molecule has 0 spiro atoms. The van der Waals surface area contributed by atoms with E-state index in [0.29, 0.717) is 13.0 Å². The van der Waals surface area contributed by atoms with Crippen molar-refractivity contribution >= 4 is 29.7 Å². The van der Waals surface area contributed by atoms with Gasteiger partial charge in [-0.1, -0.05) is 0 Å². The second-order valence-corrected chi connectivity index (χ2v) is 5.66. The van der Waals surface area contributed by atoms with Gasteiger partial charge in [0.25, 0.3) is 0 Å². The molecule has 146 valence electrons. The summed E-state index contributed by atoms with van der Waals surface area (Å²) in [6, 6.07) is -3.44. The summed E-state index contributed by atoms with van der Waals surface area (Å²) in [5.74, 6) is -5.22. The second kappa shape index (κ2) is 10.3. The highest BCUT2D eigenvalue weighted by molar-refractivity contribution is 5.95. The minimum Gasteiger partial charge on any atom is -0.481 e. The van der Waals surface area contributed by atoms with Gasteiger partial charge in [-0.05, 0) is 19.4 Å². The maximum Gasteiger partial charge on any atom is 0.322 e. The van der Waals surface area contributed by atoms with Crippen molar-refractivity contribution in [1.82, 2.24) is 21.3 Å². The predicted molar refractivity (Wildman–Crippen MR) is 84.9 cm³/mol. The molecule has 0 aromatic heterocycles. The molecule has 0 saturated carbocycles. The van der Waals surface area contributed by atoms with Crippen molar-refractivity contribution in [3.63, 3.8) is 0 Å². The molecule has 1 rings (SSSR count). The lowest BCUT2D eigenvalue weighted by atomic mass is 10.1. The molecule has 3 amide bonds. The summed E-state index contributed by atoms with van der Waals surface area (Å²) in [5.41, 5.74) is 0. The van der Waals surface area contributed by atoms with E-state index in [4.69, 9.17) is 10.2 Å². The van der Waals surface area contributed by atoms with Crippen LogP contribution in [0.3, 0.4) is 0 Å². The number of carboxylic acids is 2. The van der Waals surface area contributed by atoms with Gasteiger partial charge in [0.05, 0.1) is 19.1 Å². The predicted octanol–water partition coefficient (Wildman–Crippen LogP) is -3.62. The van der Waals surface area contributed by atoms with Crippen molar-refractivity contribution in [2.75, 3.05) is 19.7 Å². The van der Waals surface area contributed by atoms with Crippen molar-refractivity contribution in [3.8, 4) is 0 Å². The number of hydrogen-bond acceptors (Lipinski definition) is 7. The smallest absolute Gasteiger partial charge is 0.322 e. The van der Waals surface area contributed by atoms with Crippen molar-refractivity contribution in [1.29, 1.82) is 0 Å². The highest BCUT2D eigenvalue weighted by Gasteiger charge is 2.30. The number of aliphatic hydroxyl groups excluding tert-OH is 1. The van der Waals surface area contributed by atoms with Crippen molar-refractivity contribution < 1.29 is 39.3 Å². The van der Waals surface area contributed by atoms with Gasteiger partial charge in [0.2, 0.25) is 17.7 Å². The average molecular weight is 374 g/mol. The summed E-state index contributed by atoms with van der Waals surface area (Å²) in [7, 11) is 0. The van der Waals surface area contributed by atoms with Gasteiger partial charge in [-0.2, -0.15) is 0 Å². The average Bonchev–Trinajstić information content (AvgIpc) is 3.10. The van der Waals surface area contributed by atoms with Gasteiger partial charge in [-0.3, -0.25) is 24.0 Å². The van der Waals surface area contributed by atoms with E-state index < -0.39 is 67.4 Å². The second-order valence-electron chi connectivity index (χ2n) is 5.66. The largest absolute Gasteiger partial charge is 0.481 e. The quantitative estimate of drug-likeness (QED) is 0.202. The zero-order valence-electron chi connectivity index (χ0n) is 13.9. The molecule has 1 fully saturated rings. The Hall–Kier alpha value is -2.73. The van der Waals surface area contributed by atoms with Crippen LogP contribution in [-0.2, 0) is 24.0 Å². The molecular formula is C14H22N4O8. The normalized spacial score (nSPS) is 18.4. The molecule has 3 unspecified atom stereocenters. The topological polar surface area (TPSA) is 194 Å². The lowest BCUT2D eigenvalue weighted by molar-refractivity contribution is -0.141. The molecule has 3 atom stereocenters. The maximum atomic E-state index is 12.2. The lowest BCUT2D eigenvalue weighted by Gasteiger charge is -2.22. The first kappa shape index (κ1) is 21.3. The Morgan fingerprint density at radius 3 is 2.19 bits per heavy atom. The standard InChI is InChI=1S/C14H22N4O8/c19-6-9(18-13(25)7-2-1-3-15-7)14(26)17-8(4-10(20)21)12(24)16-5-11(22)23/h7-9,15,19H,1-6H2,(H,16,24)(H,17,26)(H,18,25)(H,20,21)(H,22,23). The number of amides is 3. The molecule has 0 bridgehead atoms. The highest BCUT2D eigenvalue weighted by atomic mass is 16.4. The van der Waals surface area contributed by atoms with Crippen LogP contribution in [0.1, 0.15) is 19.3 Å². The summed E-state index contributed by atoms with van der Waals surface area (Å²) in [6.45, 7) is -0.863. The van der Waals surface area contributed by atoms with Crippen molar-refractivity contribution in [3.05, 3.63) is 0 Å². The molecule has 0 radical (unpaired) electrons. The molecule has 0 aromatic carbocycles. The van der Waals surface area contributed by atoms with Crippen LogP contribution >= 0.6 is 0 Å². The number of carboxylic acid groups (broad SMARTS) is 2. The first-order valence-corrected chi connectivity index (χ1v) is 7.91. The molecule has 1 heterocycles. The molecule has 0 aromatic rings. The Morgan fingerprint density at radius 1 is 1.00 bits per heavy atom. The first-order valence-electron chi connectivity index (χ1n) is 7.91. The number of rotatable bonds is 10. The van der Waals surface area contributed by atoms with Gasteiger partial charge in [0, 0.05) is 0 Å². The van der Waals surface area contributed by atoms with Crippen molar-refractivity contribution in [2.24, 2.45) is 0 Å². The maximum absolute atomic E-state index is 12.2. The van der Waals surface area contributed by atoms with Crippen LogP contribution in [-0.4, -0.2) is 82.8 Å². The lowest BCUT2D eigenvalue weighted by Crippen LogP contribution is -2.57. The molecule has 1 aliphatic heterocycles. The van der Waals surface area contributed by atoms with Crippen LogP contribution in [0.4, 0.5) is 0 Å². The Labute approximate surface area is 148 Å². The first-order chi connectivity index (χ1) is 12.2. The van der Waals surface area contributed by atoms with Crippen LogP contribution in [0.2, 0.25) is 0 Å². The molecule has 26 heavy (non-hydrogen) atoms. The van der Waals surface area contributed by atoms with E-state index in [2.05, 4.69) is 16.0 Å². The summed E-state index contributed by atoms with van der Waals surface area (Å²) in [6.07, 6.45) is 0.566. The van der Waals surface area contributed by atoms with E-state index in [0.717, 1.165) is 6.42 Å². The molecule has 12 nitrogen and oxygen atoms in total. The van der Waals surface area contributed by atoms with Crippen LogP contribution < -0.4 is 21.3 Å². The number of aliphatic hydroxyl groups is 1. The van der Waals surface area contributed by atoms with Gasteiger partial charge >= 0.3 is 11.9 Å². The fraction of sp³-hybridized carbons (Fsp3) is 0.643. The highest BCUT2D eigenvalue weighted by Crippen LogP contribution is 2.05. The molecule has 7 N–H and O–H groups in total. The van der Waals surface area contributed by atoms with E-state index >= 15 is 0 Å². The summed E-state index contributed by atoms with van der Waals surface area (Å²) < 4.78 is 0. The third kappa shape index (κ3) is 7.03. The van der Waals surface area contributed by atoms with Crippen molar-refractivity contribution in [2.45, 2.75) is 37.4 Å². The zero-order chi connectivity index (χ0) is 19.7. The van der Waals surface area contributed by atoms with E-state index in [1.54, 1.807) is 0 Å². The Balaban J connectivity index is 2.68. The fourth-order valence-corrected chi connectivity index (χ4v) is 2.32. The van der Waals surface area contributed by atoms with E-state index in [1.165, 1.54) is 0 Å². The van der Waals surface area contributed by atoms with Crippen LogP contribution in [0.25, 0.3) is 0 Å². The van der Waals surface area contributed by atoms with E-state index in [-0.39, 0.29) is 0 Å². The number of aliphatic carboxylic acids is 2. The Kier molecular flexibility index (Phi) is 8.45. The summed E-state index contributed by atoms with van der Waals surface area (Å²) in [5, 5.41) is 36.0. The third-order valence-corrected chi connectivity index (χ3v) is 3.62. The minimum absolute atomic E-state index is 0.495. The summed E-state index contributed by atoms with van der Waals surface area (Å²) >= 11 is 0. The minimum atomic E-state index is -1.56. The van der Waals surface area contributed by atoms with Gasteiger partial charge < -0.3 is 36.6 Å². The van der Waals surface area contributed by atoms with Gasteiger partial charge in [-0.15, -0.1) is 0 Å². The molecular weight excluding hydrogens is 352 g/mol. The fourth-order valence-electron chi connectivity index (χ4n) is 2.32. The van der Waals surface area contributed by atoms with Crippen LogP contribution in [0.5, 0.6) is 0 Å². The zero-order valence-corrected chi connectivity index (χ0v) is 13.9. The van der Waals surface area contributed by atoms with Crippen LogP contribution in [0.15, 0.2) is 0 Å².